The molecule has 0 aliphatic carbocycles. The standard InChI is InChI=1S/C36H32N2O4/c1-41-33-19-7-27(8-20-33)35(39)23-25-3-11-29(12-4-25)37-31-15-17-32(18-16-31)38-30-13-5-26(6-14-30)24-36(40)28-9-21-34(42-2)22-10-28/h3-22,37-38H,23-24H2,1-2H3. The predicted molar refractivity (Wildman–Crippen MR) is 168 cm³/mol. The van der Waals surface area contributed by atoms with E-state index in [1.807, 2.05) is 72.8 Å². The molecule has 0 spiro atoms. The molecule has 0 heterocycles. The number of ketones is 2. The molecule has 210 valence electrons. The summed E-state index contributed by atoms with van der Waals surface area (Å²) in [4.78, 5) is 25.2. The fraction of sp³-hybridized carbons (Fsp3) is 0.111. The van der Waals surface area contributed by atoms with E-state index in [0.717, 1.165) is 45.4 Å². The van der Waals surface area contributed by atoms with Crippen molar-refractivity contribution >= 4 is 34.3 Å². The highest BCUT2D eigenvalue weighted by Gasteiger charge is 2.09. The number of anilines is 4. The summed E-state index contributed by atoms with van der Waals surface area (Å²) >= 11 is 0. The van der Waals surface area contributed by atoms with E-state index >= 15 is 0 Å². The third-order valence-corrected chi connectivity index (χ3v) is 6.92. The monoisotopic (exact) mass is 556 g/mol. The number of nitrogens with one attached hydrogen (secondary N) is 2. The van der Waals surface area contributed by atoms with Gasteiger partial charge in [-0.3, -0.25) is 9.59 Å². The van der Waals surface area contributed by atoms with Crippen LogP contribution in [0.25, 0.3) is 0 Å². The number of benzene rings is 5. The Morgan fingerprint density at radius 3 is 1.02 bits per heavy atom. The third kappa shape index (κ3) is 7.43. The Kier molecular flexibility index (Phi) is 8.94. The Bertz CT molecular complexity index is 1500. The van der Waals surface area contributed by atoms with Crippen LogP contribution in [0.15, 0.2) is 121 Å². The Balaban J connectivity index is 1.11. The van der Waals surface area contributed by atoms with Crippen molar-refractivity contribution in [2.45, 2.75) is 12.8 Å². The summed E-state index contributed by atoms with van der Waals surface area (Å²) in [5.74, 6) is 1.60. The van der Waals surface area contributed by atoms with Crippen molar-refractivity contribution in [1.82, 2.24) is 0 Å². The zero-order valence-electron chi connectivity index (χ0n) is 23.6. The van der Waals surface area contributed by atoms with Gasteiger partial charge in [0.25, 0.3) is 0 Å². The maximum atomic E-state index is 12.6. The molecular weight excluding hydrogens is 524 g/mol. The van der Waals surface area contributed by atoms with E-state index in [1.165, 1.54) is 0 Å². The zero-order valence-corrected chi connectivity index (χ0v) is 23.6. The first-order valence-electron chi connectivity index (χ1n) is 13.7. The van der Waals surface area contributed by atoms with E-state index in [0.29, 0.717) is 24.0 Å². The molecule has 5 rings (SSSR count). The van der Waals surface area contributed by atoms with Crippen LogP contribution in [0.1, 0.15) is 31.8 Å². The van der Waals surface area contributed by atoms with Gasteiger partial charge in [0.15, 0.2) is 11.6 Å². The van der Waals surface area contributed by atoms with Crippen molar-refractivity contribution in [2.24, 2.45) is 0 Å². The molecule has 0 aromatic heterocycles. The molecule has 0 aliphatic heterocycles. The predicted octanol–water partition coefficient (Wildman–Crippen LogP) is 8.04. The molecule has 0 radical (unpaired) electrons. The molecule has 0 bridgehead atoms. The lowest BCUT2D eigenvalue weighted by molar-refractivity contribution is 0.0984. The average molecular weight is 557 g/mol. The van der Waals surface area contributed by atoms with Crippen LogP contribution >= 0.6 is 0 Å². The molecule has 42 heavy (non-hydrogen) atoms. The van der Waals surface area contributed by atoms with Gasteiger partial charge in [0, 0.05) is 46.7 Å². The van der Waals surface area contributed by atoms with E-state index in [1.54, 1.807) is 62.8 Å². The van der Waals surface area contributed by atoms with Gasteiger partial charge in [-0.1, -0.05) is 24.3 Å². The van der Waals surface area contributed by atoms with Crippen LogP contribution in [-0.4, -0.2) is 25.8 Å². The zero-order chi connectivity index (χ0) is 29.3. The van der Waals surface area contributed by atoms with Gasteiger partial charge in [0.2, 0.25) is 0 Å². The van der Waals surface area contributed by atoms with Crippen molar-refractivity contribution < 1.29 is 19.1 Å². The first-order valence-corrected chi connectivity index (χ1v) is 13.7. The van der Waals surface area contributed by atoms with Crippen molar-refractivity contribution in [3.8, 4) is 11.5 Å². The lowest BCUT2D eigenvalue weighted by Gasteiger charge is -2.11. The minimum atomic E-state index is 0.0677. The molecule has 5 aromatic carbocycles. The average Bonchev–Trinajstić information content (AvgIpc) is 3.04. The molecule has 0 saturated carbocycles. The highest BCUT2D eigenvalue weighted by molar-refractivity contribution is 5.98. The number of carbonyl (C=O) groups excluding carboxylic acids is 2. The number of Topliss-reactive ketones (excluding diaryl/α,β-unsaturated/α-hetero) is 2. The van der Waals surface area contributed by atoms with Crippen LogP contribution in [0.4, 0.5) is 22.7 Å². The van der Waals surface area contributed by atoms with Crippen LogP contribution < -0.4 is 20.1 Å². The molecular formula is C36H32N2O4. The van der Waals surface area contributed by atoms with Gasteiger partial charge in [0.1, 0.15) is 11.5 Å². The molecule has 2 N–H and O–H groups in total. The summed E-state index contributed by atoms with van der Waals surface area (Å²) in [6.45, 7) is 0. The SMILES string of the molecule is COc1ccc(C(=O)Cc2ccc(Nc3ccc(Nc4ccc(CC(=O)c5ccc(OC)cc5)cc4)cc3)cc2)cc1. The lowest BCUT2D eigenvalue weighted by Crippen LogP contribution is -2.03. The Labute approximate surface area is 245 Å². The number of hydrogen-bond acceptors (Lipinski definition) is 6. The lowest BCUT2D eigenvalue weighted by atomic mass is 10.0. The highest BCUT2D eigenvalue weighted by atomic mass is 16.5. The van der Waals surface area contributed by atoms with Gasteiger partial charge >= 0.3 is 0 Å². The minimum Gasteiger partial charge on any atom is -0.497 e. The topological polar surface area (TPSA) is 76.7 Å². The van der Waals surface area contributed by atoms with Crippen LogP contribution in [0.2, 0.25) is 0 Å². The number of rotatable bonds is 12. The molecule has 0 atom stereocenters. The molecule has 0 amide bonds. The second kappa shape index (κ2) is 13.3. The summed E-state index contributed by atoms with van der Waals surface area (Å²) < 4.78 is 10.3. The maximum absolute atomic E-state index is 12.6. The largest absolute Gasteiger partial charge is 0.497 e. The second-order valence-electron chi connectivity index (χ2n) is 9.88. The van der Waals surface area contributed by atoms with E-state index in [-0.39, 0.29) is 11.6 Å². The number of carbonyl (C=O) groups is 2. The number of hydrogen-bond donors (Lipinski definition) is 2. The van der Waals surface area contributed by atoms with Crippen LogP contribution in [0.5, 0.6) is 11.5 Å². The van der Waals surface area contributed by atoms with E-state index in [4.69, 9.17) is 9.47 Å². The maximum Gasteiger partial charge on any atom is 0.167 e. The van der Waals surface area contributed by atoms with Crippen molar-refractivity contribution in [3.05, 3.63) is 144 Å². The van der Waals surface area contributed by atoms with Gasteiger partial charge in [-0.05, 0) is 108 Å². The normalized spacial score (nSPS) is 10.5. The third-order valence-electron chi connectivity index (χ3n) is 6.92. The summed E-state index contributed by atoms with van der Waals surface area (Å²) in [6.07, 6.45) is 0.680. The van der Waals surface area contributed by atoms with Crippen molar-refractivity contribution in [2.75, 3.05) is 24.9 Å². The van der Waals surface area contributed by atoms with Gasteiger partial charge in [0.05, 0.1) is 14.2 Å². The molecule has 5 aromatic rings. The number of ether oxygens (including phenoxy) is 2. The molecule has 0 fully saturated rings. The van der Waals surface area contributed by atoms with Gasteiger partial charge in [-0.2, -0.15) is 0 Å². The molecule has 0 aliphatic rings. The fourth-order valence-corrected chi connectivity index (χ4v) is 4.51. The second-order valence-corrected chi connectivity index (χ2v) is 9.88. The highest BCUT2D eigenvalue weighted by Crippen LogP contribution is 2.23. The summed E-state index contributed by atoms with van der Waals surface area (Å²) in [7, 11) is 3.21. The molecule has 6 nitrogen and oxygen atoms in total. The van der Waals surface area contributed by atoms with Gasteiger partial charge in [-0.15, -0.1) is 0 Å². The van der Waals surface area contributed by atoms with Crippen LogP contribution in [-0.2, 0) is 12.8 Å². The summed E-state index contributed by atoms with van der Waals surface area (Å²) in [5, 5.41) is 6.80. The van der Waals surface area contributed by atoms with Crippen molar-refractivity contribution in [1.29, 1.82) is 0 Å². The first kappa shape index (κ1) is 28.2. The van der Waals surface area contributed by atoms with Crippen LogP contribution in [0.3, 0.4) is 0 Å². The Hall–Kier alpha value is -5.36. The van der Waals surface area contributed by atoms with E-state index in [2.05, 4.69) is 10.6 Å². The number of methoxy groups -OCH3 is 2. The quantitative estimate of drug-likeness (QED) is 0.152. The van der Waals surface area contributed by atoms with E-state index in [9.17, 15) is 9.59 Å². The summed E-state index contributed by atoms with van der Waals surface area (Å²) in [5.41, 5.74) is 7.04. The van der Waals surface area contributed by atoms with E-state index < -0.39 is 0 Å². The van der Waals surface area contributed by atoms with Gasteiger partial charge in [-0.25, -0.2) is 0 Å². The van der Waals surface area contributed by atoms with Gasteiger partial charge < -0.3 is 20.1 Å². The smallest absolute Gasteiger partial charge is 0.167 e. The minimum absolute atomic E-state index is 0.0677. The Morgan fingerprint density at radius 2 is 0.738 bits per heavy atom. The Morgan fingerprint density at radius 1 is 0.452 bits per heavy atom. The summed E-state index contributed by atoms with van der Waals surface area (Å²) in [6, 6.07) is 38.1. The first-order chi connectivity index (χ1) is 20.5. The molecule has 0 unspecified atom stereocenters. The molecule has 0 saturated heterocycles. The fourth-order valence-electron chi connectivity index (χ4n) is 4.51. The van der Waals surface area contributed by atoms with Crippen LogP contribution in [0, 0.1) is 0 Å². The molecule has 6 heteroatoms. The van der Waals surface area contributed by atoms with Crippen molar-refractivity contribution in [3.63, 3.8) is 0 Å².